The lowest BCUT2D eigenvalue weighted by Gasteiger charge is -2.23. The van der Waals surface area contributed by atoms with Crippen molar-refractivity contribution in [3.05, 3.63) is 24.0 Å². The van der Waals surface area contributed by atoms with Gasteiger partial charge in [-0.2, -0.15) is 0 Å². The van der Waals surface area contributed by atoms with Crippen LogP contribution in [0.15, 0.2) is 18.2 Å². The summed E-state index contributed by atoms with van der Waals surface area (Å²) in [6, 6.07) is 3.99. The summed E-state index contributed by atoms with van der Waals surface area (Å²) in [5.41, 5.74) is 0.474. The van der Waals surface area contributed by atoms with Gasteiger partial charge in [0, 0.05) is 39.7 Å². The summed E-state index contributed by atoms with van der Waals surface area (Å²) in [5.74, 6) is -0.822. The second-order valence-electron chi connectivity index (χ2n) is 5.45. The number of hydrogen-bond acceptors (Lipinski definition) is 4. The molecule has 1 atom stereocenters. The van der Waals surface area contributed by atoms with Gasteiger partial charge in [0.2, 0.25) is 11.8 Å². The normalized spacial score (nSPS) is 17.5. The van der Waals surface area contributed by atoms with Crippen LogP contribution in [0.5, 0.6) is 5.75 Å². The van der Waals surface area contributed by atoms with Gasteiger partial charge in [-0.05, 0) is 12.1 Å². The van der Waals surface area contributed by atoms with Crippen molar-refractivity contribution in [3.8, 4) is 5.75 Å². The average Bonchev–Trinajstić information content (AvgIpc) is 2.92. The van der Waals surface area contributed by atoms with Crippen LogP contribution in [0.3, 0.4) is 0 Å². The third kappa shape index (κ3) is 3.79. The summed E-state index contributed by atoms with van der Waals surface area (Å²) < 4.78 is 23.4. The van der Waals surface area contributed by atoms with Gasteiger partial charge in [0.1, 0.15) is 11.6 Å². The van der Waals surface area contributed by atoms with Crippen LogP contribution in [0.1, 0.15) is 6.42 Å². The van der Waals surface area contributed by atoms with Gasteiger partial charge in [-0.25, -0.2) is 4.39 Å². The summed E-state index contributed by atoms with van der Waals surface area (Å²) in [5, 5.41) is 0. The fourth-order valence-corrected chi connectivity index (χ4v) is 2.68. The summed E-state index contributed by atoms with van der Waals surface area (Å²) >= 11 is 0. The fourth-order valence-electron chi connectivity index (χ4n) is 2.68. The number of nitrogens with zero attached hydrogens (tertiary/aromatic N) is 2. The minimum Gasteiger partial charge on any atom is -0.494 e. The smallest absolute Gasteiger partial charge is 0.232 e. The van der Waals surface area contributed by atoms with E-state index in [-0.39, 0.29) is 24.0 Å². The van der Waals surface area contributed by atoms with E-state index >= 15 is 0 Å². The zero-order valence-electron chi connectivity index (χ0n) is 13.5. The number of hydrogen-bond donors (Lipinski definition) is 0. The van der Waals surface area contributed by atoms with Gasteiger partial charge in [0.15, 0.2) is 0 Å². The van der Waals surface area contributed by atoms with E-state index in [9.17, 15) is 14.0 Å². The van der Waals surface area contributed by atoms with Crippen LogP contribution < -0.4 is 9.64 Å². The molecule has 1 aliphatic heterocycles. The molecule has 0 unspecified atom stereocenters. The van der Waals surface area contributed by atoms with Gasteiger partial charge in [-0.1, -0.05) is 0 Å². The molecule has 1 aromatic carbocycles. The lowest BCUT2D eigenvalue weighted by molar-refractivity contribution is -0.128. The van der Waals surface area contributed by atoms with E-state index in [0.29, 0.717) is 25.4 Å². The molecule has 6 nitrogen and oxygen atoms in total. The number of methoxy groups -OCH3 is 2. The van der Waals surface area contributed by atoms with Crippen molar-refractivity contribution in [1.82, 2.24) is 4.90 Å². The Labute approximate surface area is 134 Å². The Morgan fingerprint density at radius 2 is 2.17 bits per heavy atom. The van der Waals surface area contributed by atoms with E-state index in [4.69, 9.17) is 9.47 Å². The Kier molecular flexibility index (Phi) is 5.54. The Morgan fingerprint density at radius 1 is 1.43 bits per heavy atom. The summed E-state index contributed by atoms with van der Waals surface area (Å²) in [7, 11) is 4.58. The predicted molar refractivity (Wildman–Crippen MR) is 82.9 cm³/mol. The molecule has 0 saturated carbocycles. The monoisotopic (exact) mass is 324 g/mol. The molecule has 1 aliphatic rings. The Bertz CT molecular complexity index is 593. The number of carbonyl (C=O) groups is 2. The Balaban J connectivity index is 2.10. The van der Waals surface area contributed by atoms with Crippen molar-refractivity contribution in [2.75, 3.05) is 45.9 Å². The van der Waals surface area contributed by atoms with E-state index in [0.717, 1.165) is 0 Å². The van der Waals surface area contributed by atoms with Gasteiger partial charge in [-0.3, -0.25) is 9.59 Å². The zero-order chi connectivity index (χ0) is 17.0. The minimum absolute atomic E-state index is 0.0557. The summed E-state index contributed by atoms with van der Waals surface area (Å²) in [6.07, 6.45) is 0.177. The molecule has 0 spiro atoms. The molecule has 23 heavy (non-hydrogen) atoms. The van der Waals surface area contributed by atoms with Crippen LogP contribution in [0, 0.1) is 11.7 Å². The molecule has 0 aliphatic carbocycles. The third-order valence-electron chi connectivity index (χ3n) is 3.96. The molecule has 1 aromatic rings. The van der Waals surface area contributed by atoms with Crippen molar-refractivity contribution in [2.24, 2.45) is 5.92 Å². The molecule has 0 aromatic heterocycles. The standard InChI is InChI=1S/C16H21FN2O4/c1-18(13-5-4-12(17)9-14(13)23-3)16(21)11-8-15(20)19(10-11)6-7-22-2/h4-5,9,11H,6-8,10H2,1-3H3/t11-/m1/s1. The molecule has 0 N–H and O–H groups in total. The first kappa shape index (κ1) is 17.2. The fraction of sp³-hybridized carbons (Fsp3) is 0.500. The number of halogens is 1. The Hall–Kier alpha value is -2.15. The number of amides is 2. The van der Waals surface area contributed by atoms with E-state index in [1.807, 2.05) is 0 Å². The van der Waals surface area contributed by atoms with Crippen LogP contribution in [-0.2, 0) is 14.3 Å². The molecular weight excluding hydrogens is 303 g/mol. The molecule has 7 heteroatoms. The maximum atomic E-state index is 13.3. The van der Waals surface area contributed by atoms with Gasteiger partial charge >= 0.3 is 0 Å². The van der Waals surface area contributed by atoms with Crippen molar-refractivity contribution in [3.63, 3.8) is 0 Å². The van der Waals surface area contributed by atoms with E-state index in [1.54, 1.807) is 19.1 Å². The quantitative estimate of drug-likeness (QED) is 0.791. The lowest BCUT2D eigenvalue weighted by Crippen LogP contribution is -2.35. The number of benzene rings is 1. The maximum absolute atomic E-state index is 13.3. The molecule has 0 bridgehead atoms. The third-order valence-corrected chi connectivity index (χ3v) is 3.96. The second-order valence-corrected chi connectivity index (χ2v) is 5.45. The van der Waals surface area contributed by atoms with Crippen LogP contribution in [0.2, 0.25) is 0 Å². The predicted octanol–water partition coefficient (Wildman–Crippen LogP) is 1.29. The number of anilines is 1. The van der Waals surface area contributed by atoms with Crippen molar-refractivity contribution in [1.29, 1.82) is 0 Å². The Morgan fingerprint density at radius 3 is 2.83 bits per heavy atom. The van der Waals surface area contributed by atoms with Gasteiger partial charge in [0.05, 0.1) is 25.3 Å². The molecule has 1 saturated heterocycles. The van der Waals surface area contributed by atoms with Crippen molar-refractivity contribution < 1.29 is 23.5 Å². The molecule has 1 heterocycles. The molecule has 2 rings (SSSR count). The van der Waals surface area contributed by atoms with Crippen LogP contribution in [0.25, 0.3) is 0 Å². The molecule has 126 valence electrons. The maximum Gasteiger partial charge on any atom is 0.232 e. The highest BCUT2D eigenvalue weighted by Gasteiger charge is 2.36. The molecule has 2 amide bonds. The van der Waals surface area contributed by atoms with Crippen LogP contribution in [0.4, 0.5) is 10.1 Å². The van der Waals surface area contributed by atoms with Crippen molar-refractivity contribution >= 4 is 17.5 Å². The second kappa shape index (κ2) is 7.41. The molecule has 1 fully saturated rings. The largest absolute Gasteiger partial charge is 0.494 e. The first-order chi connectivity index (χ1) is 11.0. The highest BCUT2D eigenvalue weighted by atomic mass is 19.1. The van der Waals surface area contributed by atoms with Crippen molar-refractivity contribution in [2.45, 2.75) is 6.42 Å². The highest BCUT2D eigenvalue weighted by molar-refractivity contribution is 5.99. The van der Waals surface area contributed by atoms with Crippen LogP contribution >= 0.6 is 0 Å². The van der Waals surface area contributed by atoms with Gasteiger partial charge in [-0.15, -0.1) is 0 Å². The van der Waals surface area contributed by atoms with Gasteiger partial charge < -0.3 is 19.3 Å². The first-order valence-corrected chi connectivity index (χ1v) is 7.35. The minimum atomic E-state index is -0.437. The summed E-state index contributed by atoms with van der Waals surface area (Å²) in [4.78, 5) is 27.6. The lowest BCUT2D eigenvalue weighted by atomic mass is 10.1. The molecule has 0 radical (unpaired) electrons. The first-order valence-electron chi connectivity index (χ1n) is 7.35. The van der Waals surface area contributed by atoms with E-state index in [1.165, 1.54) is 30.2 Å². The number of ether oxygens (including phenoxy) is 2. The molecular formula is C16H21FN2O4. The van der Waals surface area contributed by atoms with E-state index < -0.39 is 11.7 Å². The van der Waals surface area contributed by atoms with Gasteiger partial charge in [0.25, 0.3) is 0 Å². The topological polar surface area (TPSA) is 59.1 Å². The van der Waals surface area contributed by atoms with Crippen LogP contribution in [-0.4, -0.2) is 57.7 Å². The SMILES string of the molecule is COCCN1C[C@H](C(=O)N(C)c2ccc(F)cc2OC)CC1=O. The number of likely N-dealkylation sites (tertiary alicyclic amines) is 1. The average molecular weight is 324 g/mol. The zero-order valence-corrected chi connectivity index (χ0v) is 13.5. The summed E-state index contributed by atoms with van der Waals surface area (Å²) in [6.45, 7) is 1.28. The van der Waals surface area contributed by atoms with E-state index in [2.05, 4.69) is 0 Å². The highest BCUT2D eigenvalue weighted by Crippen LogP contribution is 2.30. The number of rotatable bonds is 6. The number of carbonyl (C=O) groups excluding carboxylic acids is 2.